The molecule has 0 saturated carbocycles. The summed E-state index contributed by atoms with van der Waals surface area (Å²) in [6.07, 6.45) is 0. The molecule has 6 nitrogen and oxygen atoms in total. The molecule has 0 aliphatic heterocycles. The number of ether oxygens (including phenoxy) is 2. The van der Waals surface area contributed by atoms with Crippen LogP contribution in [-0.4, -0.2) is 35.8 Å². The zero-order chi connectivity index (χ0) is 14.9. The van der Waals surface area contributed by atoms with Gasteiger partial charge >= 0.3 is 11.9 Å². The predicted molar refractivity (Wildman–Crippen MR) is 72.0 cm³/mol. The van der Waals surface area contributed by atoms with Gasteiger partial charge in [-0.1, -0.05) is 0 Å². The fourth-order valence-electron chi connectivity index (χ4n) is 2.28. The number of carbonyl (C=O) groups is 2. The number of aromatic nitrogens is 1. The zero-order valence-corrected chi connectivity index (χ0v) is 11.5. The highest BCUT2D eigenvalue weighted by Gasteiger charge is 2.28. The van der Waals surface area contributed by atoms with Crippen molar-refractivity contribution >= 4 is 22.8 Å². The van der Waals surface area contributed by atoms with Crippen molar-refractivity contribution < 1.29 is 24.2 Å². The van der Waals surface area contributed by atoms with E-state index in [0.717, 1.165) is 0 Å². The van der Waals surface area contributed by atoms with Crippen molar-refractivity contribution in [3.63, 3.8) is 0 Å². The topological polar surface area (TPSA) is 77.8 Å². The summed E-state index contributed by atoms with van der Waals surface area (Å²) in [5.74, 6) is -1.19. The maximum Gasteiger partial charge on any atom is 0.355 e. The van der Waals surface area contributed by atoms with Gasteiger partial charge in [-0.2, -0.15) is 0 Å². The van der Waals surface area contributed by atoms with E-state index in [-0.39, 0.29) is 17.0 Å². The quantitative estimate of drug-likeness (QED) is 0.867. The number of hydrogen-bond acceptors (Lipinski definition) is 5. The van der Waals surface area contributed by atoms with Gasteiger partial charge in [0.15, 0.2) is 0 Å². The first kappa shape index (κ1) is 13.9. The van der Waals surface area contributed by atoms with Gasteiger partial charge < -0.3 is 19.1 Å². The molecule has 0 fully saturated rings. The molecular formula is C14H15NO5. The van der Waals surface area contributed by atoms with Crippen LogP contribution in [0.5, 0.6) is 5.75 Å². The van der Waals surface area contributed by atoms with Crippen molar-refractivity contribution in [1.29, 1.82) is 0 Å². The molecule has 1 aromatic heterocycles. The molecule has 0 bridgehead atoms. The van der Waals surface area contributed by atoms with Crippen LogP contribution in [0.1, 0.15) is 27.8 Å². The Hall–Kier alpha value is -2.50. The van der Waals surface area contributed by atoms with Crippen LogP contribution in [0.25, 0.3) is 10.9 Å². The number of phenolic OH excluding ortho intramolecular Hbond substituents is 1. The number of benzene rings is 1. The van der Waals surface area contributed by atoms with Crippen LogP contribution in [0.4, 0.5) is 0 Å². The summed E-state index contributed by atoms with van der Waals surface area (Å²) in [7, 11) is 2.50. The molecular weight excluding hydrogens is 262 g/mol. The fourth-order valence-corrected chi connectivity index (χ4v) is 2.28. The highest BCUT2D eigenvalue weighted by Crippen LogP contribution is 2.30. The molecule has 0 aliphatic carbocycles. The third-order valence-electron chi connectivity index (χ3n) is 3.13. The number of aromatic hydroxyl groups is 1. The molecule has 2 rings (SSSR count). The lowest BCUT2D eigenvalue weighted by Gasteiger charge is -2.07. The number of hydrogen-bond donors (Lipinski definition) is 1. The molecule has 0 radical (unpaired) electrons. The molecule has 2 aromatic rings. The number of esters is 2. The smallest absolute Gasteiger partial charge is 0.355 e. The van der Waals surface area contributed by atoms with E-state index in [0.29, 0.717) is 17.4 Å². The first-order valence-corrected chi connectivity index (χ1v) is 6.07. The van der Waals surface area contributed by atoms with Gasteiger partial charge in [0, 0.05) is 18.0 Å². The Labute approximate surface area is 115 Å². The molecule has 0 aliphatic rings. The normalized spacial score (nSPS) is 10.6. The molecule has 1 N–H and O–H groups in total. The number of aryl methyl sites for hydroxylation is 1. The molecule has 0 amide bonds. The van der Waals surface area contributed by atoms with E-state index in [1.54, 1.807) is 10.6 Å². The van der Waals surface area contributed by atoms with Crippen LogP contribution >= 0.6 is 0 Å². The Balaban J connectivity index is 2.91. The van der Waals surface area contributed by atoms with Crippen LogP contribution < -0.4 is 0 Å². The third-order valence-corrected chi connectivity index (χ3v) is 3.13. The summed E-state index contributed by atoms with van der Waals surface area (Å²) in [4.78, 5) is 24.0. The van der Waals surface area contributed by atoms with Crippen molar-refractivity contribution in [1.82, 2.24) is 4.57 Å². The molecule has 0 spiro atoms. The maximum absolute atomic E-state index is 12.0. The van der Waals surface area contributed by atoms with Gasteiger partial charge in [-0.15, -0.1) is 0 Å². The number of methoxy groups -OCH3 is 2. The Kier molecular flexibility index (Phi) is 3.65. The summed E-state index contributed by atoms with van der Waals surface area (Å²) in [6, 6.07) is 4.53. The van der Waals surface area contributed by atoms with Gasteiger partial charge in [-0.3, -0.25) is 0 Å². The van der Waals surface area contributed by atoms with Gasteiger partial charge in [0.1, 0.15) is 17.0 Å². The summed E-state index contributed by atoms with van der Waals surface area (Å²) < 4.78 is 11.1. The first-order chi connectivity index (χ1) is 9.54. The predicted octanol–water partition coefficient (Wildman–Crippen LogP) is 1.94. The van der Waals surface area contributed by atoms with E-state index in [1.165, 1.54) is 26.4 Å². The summed E-state index contributed by atoms with van der Waals surface area (Å²) in [6.45, 7) is 2.28. The molecule has 6 heteroatoms. The van der Waals surface area contributed by atoms with Gasteiger partial charge in [-0.25, -0.2) is 9.59 Å². The van der Waals surface area contributed by atoms with Gasteiger partial charge in [-0.05, 0) is 19.1 Å². The summed E-state index contributed by atoms with van der Waals surface area (Å²) in [5.41, 5.74) is 0.854. The molecule has 106 valence electrons. The van der Waals surface area contributed by atoms with E-state index >= 15 is 0 Å². The van der Waals surface area contributed by atoms with Crippen molar-refractivity contribution in [2.45, 2.75) is 13.5 Å². The van der Waals surface area contributed by atoms with Gasteiger partial charge in [0.25, 0.3) is 0 Å². The largest absolute Gasteiger partial charge is 0.508 e. The van der Waals surface area contributed by atoms with Gasteiger partial charge in [0.2, 0.25) is 0 Å². The van der Waals surface area contributed by atoms with Crippen molar-refractivity contribution in [2.75, 3.05) is 14.2 Å². The molecule has 0 saturated heterocycles. The summed E-state index contributed by atoms with van der Waals surface area (Å²) in [5, 5.41) is 10.1. The van der Waals surface area contributed by atoms with E-state index in [2.05, 4.69) is 0 Å². The van der Waals surface area contributed by atoms with Crippen molar-refractivity contribution in [2.24, 2.45) is 0 Å². The number of carbonyl (C=O) groups excluding carboxylic acids is 2. The second-order valence-corrected chi connectivity index (χ2v) is 4.15. The second-order valence-electron chi connectivity index (χ2n) is 4.15. The lowest BCUT2D eigenvalue weighted by Crippen LogP contribution is -2.15. The highest BCUT2D eigenvalue weighted by molar-refractivity contribution is 6.13. The third kappa shape index (κ3) is 1.99. The highest BCUT2D eigenvalue weighted by atomic mass is 16.5. The maximum atomic E-state index is 12.0. The average Bonchev–Trinajstić information content (AvgIpc) is 2.78. The monoisotopic (exact) mass is 277 g/mol. The van der Waals surface area contributed by atoms with Crippen LogP contribution in [0.2, 0.25) is 0 Å². The minimum absolute atomic E-state index is 0.0533. The minimum Gasteiger partial charge on any atom is -0.508 e. The summed E-state index contributed by atoms with van der Waals surface area (Å²) >= 11 is 0. The second kappa shape index (κ2) is 5.24. The molecule has 0 unspecified atom stereocenters. The Morgan fingerprint density at radius 1 is 1.20 bits per heavy atom. The van der Waals surface area contributed by atoms with Crippen LogP contribution in [0.3, 0.4) is 0 Å². The van der Waals surface area contributed by atoms with Crippen LogP contribution in [-0.2, 0) is 16.0 Å². The Morgan fingerprint density at radius 3 is 2.40 bits per heavy atom. The fraction of sp³-hybridized carbons (Fsp3) is 0.286. The van der Waals surface area contributed by atoms with Crippen LogP contribution in [0.15, 0.2) is 18.2 Å². The number of fused-ring (bicyclic) bond motifs is 1. The molecule has 1 heterocycles. The minimum atomic E-state index is -0.622. The lowest BCUT2D eigenvalue weighted by atomic mass is 10.1. The molecule has 0 atom stereocenters. The van der Waals surface area contributed by atoms with Crippen LogP contribution in [0, 0.1) is 0 Å². The Bertz CT molecular complexity index is 686. The average molecular weight is 277 g/mol. The van der Waals surface area contributed by atoms with E-state index < -0.39 is 11.9 Å². The van der Waals surface area contributed by atoms with E-state index in [1.807, 2.05) is 6.92 Å². The van der Waals surface area contributed by atoms with Gasteiger partial charge in [0.05, 0.1) is 19.7 Å². The van der Waals surface area contributed by atoms with Crippen molar-refractivity contribution in [3.05, 3.63) is 29.5 Å². The van der Waals surface area contributed by atoms with E-state index in [4.69, 9.17) is 9.47 Å². The zero-order valence-electron chi connectivity index (χ0n) is 11.5. The lowest BCUT2D eigenvalue weighted by molar-refractivity contribution is 0.0548. The number of phenols is 1. The number of nitrogens with zero attached hydrogens (tertiary/aromatic N) is 1. The standard InChI is InChI=1S/C14H15NO5/c1-4-15-10-7-8(16)5-6-9(10)11(13(17)19-2)12(15)14(18)20-3/h5-7,16H,4H2,1-3H3. The number of rotatable bonds is 3. The molecule has 20 heavy (non-hydrogen) atoms. The SMILES string of the molecule is CCn1c(C(=O)OC)c(C(=O)OC)c2ccc(O)cc21. The van der Waals surface area contributed by atoms with Crippen molar-refractivity contribution in [3.8, 4) is 5.75 Å². The Morgan fingerprint density at radius 2 is 1.85 bits per heavy atom. The van der Waals surface area contributed by atoms with E-state index in [9.17, 15) is 14.7 Å². The first-order valence-electron chi connectivity index (χ1n) is 6.07. The molecule has 1 aromatic carbocycles.